The third-order valence-corrected chi connectivity index (χ3v) is 0. The van der Waals surface area contributed by atoms with E-state index < -0.39 is 12.3 Å². The molecule has 2 N–H and O–H groups in total. The van der Waals surface area contributed by atoms with E-state index in [1.807, 2.05) is 0 Å². The first-order valence-corrected chi connectivity index (χ1v) is 1.26. The smallest absolute Gasteiger partial charge is 0.565 e. The molecule has 6 nitrogen and oxygen atoms in total. The van der Waals surface area contributed by atoms with Gasteiger partial charge in [-0.15, -0.1) is 0 Å². The van der Waals surface area contributed by atoms with Crippen molar-refractivity contribution in [2.45, 2.75) is 0 Å². The van der Waals surface area contributed by atoms with Gasteiger partial charge < -0.3 is 30.0 Å². The van der Waals surface area contributed by atoms with Crippen LogP contribution in [0.25, 0.3) is 0 Å². The number of halogens is 1. The minimum Gasteiger partial charge on any atom is -0.565 e. The molecule has 0 aromatic rings. The van der Waals surface area contributed by atoms with Crippen molar-refractivity contribution in [1.82, 2.24) is 0 Å². The molecular formula is C2H4ClNaO6. The van der Waals surface area contributed by atoms with Crippen LogP contribution in [0.1, 0.15) is 0 Å². The first kappa shape index (κ1) is 22.5. The molecule has 0 atom stereocenters. The van der Waals surface area contributed by atoms with Crippen LogP contribution in [0.4, 0.5) is 9.59 Å². The standard InChI is InChI=1S/2CH2O3.ClH2.Na/c2*2-1(3)4;;/h2*(H2,2,3,4);1H2;/q;;2*+1/p-2. The van der Waals surface area contributed by atoms with E-state index in [4.69, 9.17) is 30.0 Å². The van der Waals surface area contributed by atoms with Crippen LogP contribution in [0, 0.1) is 12.4 Å². The van der Waals surface area contributed by atoms with Crippen molar-refractivity contribution in [2.75, 3.05) is 0 Å². The second-order valence-corrected chi connectivity index (χ2v) is 0.532. The molecule has 0 saturated carbocycles. The van der Waals surface area contributed by atoms with E-state index in [0.29, 0.717) is 0 Å². The Bertz CT molecular complexity index is 73.7. The molecule has 0 unspecified atom stereocenters. The van der Waals surface area contributed by atoms with Crippen LogP contribution in [-0.4, -0.2) is 22.5 Å². The number of hydrogen-bond acceptors (Lipinski definition) is 4. The summed E-state index contributed by atoms with van der Waals surface area (Å²) in [6.07, 6.45) is -4.17. The molecule has 10 heavy (non-hydrogen) atoms. The molecule has 0 saturated heterocycles. The molecule has 0 bridgehead atoms. The van der Waals surface area contributed by atoms with Crippen LogP contribution in [0.2, 0.25) is 0 Å². The molecule has 0 aliphatic heterocycles. The maximum Gasteiger partial charge on any atom is 1.00 e. The molecule has 0 radical (unpaired) electrons. The number of hydrogen-bond donors (Lipinski definition) is 2. The van der Waals surface area contributed by atoms with Crippen LogP contribution in [0.5, 0.6) is 0 Å². The maximum atomic E-state index is 8.44. The van der Waals surface area contributed by atoms with Gasteiger partial charge in [-0.25, -0.2) is 0 Å². The van der Waals surface area contributed by atoms with Gasteiger partial charge in [0.2, 0.25) is 12.3 Å². The third-order valence-electron chi connectivity index (χ3n) is 0. The fourth-order valence-corrected chi connectivity index (χ4v) is 0. The largest absolute Gasteiger partial charge is 1.00 e. The number of rotatable bonds is 0. The monoisotopic (exact) mass is 182 g/mol. The van der Waals surface area contributed by atoms with Gasteiger partial charge in [0.15, 0.2) is 0 Å². The molecule has 0 spiro atoms. The zero-order chi connectivity index (χ0) is 7.15. The molecule has 0 rings (SSSR count). The average molecular weight is 182 g/mol. The fourth-order valence-electron chi connectivity index (χ4n) is 0. The molecule has 0 fully saturated rings. The second kappa shape index (κ2) is 15.9. The van der Waals surface area contributed by atoms with E-state index in [1.165, 1.54) is 0 Å². The minimum atomic E-state index is -2.08. The summed E-state index contributed by atoms with van der Waals surface area (Å²) in [5, 5.41) is 30.6. The van der Waals surface area contributed by atoms with Gasteiger partial charge in [0.05, 0.1) is 12.4 Å². The summed E-state index contributed by atoms with van der Waals surface area (Å²) in [4.78, 5) is 16.9. The molecular weight excluding hydrogens is 178 g/mol. The summed E-state index contributed by atoms with van der Waals surface area (Å²) in [5.74, 6) is 0. The van der Waals surface area contributed by atoms with Gasteiger partial charge in [-0.05, 0) is 0 Å². The average Bonchev–Trinajstić information content (AvgIpc) is 1.25. The van der Waals surface area contributed by atoms with Crippen molar-refractivity contribution in [3.8, 4) is 0 Å². The van der Waals surface area contributed by atoms with Crippen molar-refractivity contribution >= 4 is 12.3 Å². The summed E-state index contributed by atoms with van der Waals surface area (Å²) in [5.41, 5.74) is 0. The normalized spacial score (nSPS) is 4.80. The number of carbonyl (C=O) groups is 2. The summed E-state index contributed by atoms with van der Waals surface area (Å²) in [7, 11) is 0. The molecule has 56 valence electrons. The van der Waals surface area contributed by atoms with Gasteiger partial charge >= 0.3 is 29.6 Å². The summed E-state index contributed by atoms with van der Waals surface area (Å²) in [6.45, 7) is 0. The zero-order valence-electron chi connectivity index (χ0n) is 4.97. The molecule has 8 heteroatoms. The molecule has 0 aliphatic carbocycles. The predicted molar refractivity (Wildman–Crippen MR) is 18.8 cm³/mol. The van der Waals surface area contributed by atoms with Crippen LogP contribution in [0.15, 0.2) is 0 Å². The van der Waals surface area contributed by atoms with Gasteiger partial charge in [0.25, 0.3) is 0 Å². The Morgan fingerprint density at radius 2 is 1.00 bits per heavy atom. The van der Waals surface area contributed by atoms with Crippen LogP contribution in [0.3, 0.4) is 0 Å². The first-order chi connectivity index (χ1) is 3.46. The van der Waals surface area contributed by atoms with Crippen molar-refractivity contribution < 1.29 is 72.0 Å². The predicted octanol–water partition coefficient (Wildman–Crippen LogP) is -5.76. The van der Waals surface area contributed by atoms with Crippen molar-refractivity contribution in [3.05, 3.63) is 0 Å². The Morgan fingerprint density at radius 3 is 1.00 bits per heavy atom. The molecule has 0 heterocycles. The van der Waals surface area contributed by atoms with Crippen molar-refractivity contribution in [3.63, 3.8) is 0 Å². The Balaban J connectivity index is -0.0000000300. The zero-order valence-corrected chi connectivity index (χ0v) is 7.87. The quantitative estimate of drug-likeness (QED) is 0.360. The maximum absolute atomic E-state index is 8.44. The first-order valence-electron chi connectivity index (χ1n) is 1.26. The summed E-state index contributed by atoms with van der Waals surface area (Å²) >= 11 is 0. The van der Waals surface area contributed by atoms with E-state index in [2.05, 4.69) is 0 Å². The Labute approximate surface area is 84.2 Å². The third kappa shape index (κ3) is 12600. The SMILES string of the molecule is O=C([O-])O.O=C([O-])O.[ClH2+].[Na+]. The second-order valence-electron chi connectivity index (χ2n) is 0.532. The van der Waals surface area contributed by atoms with E-state index in [1.54, 1.807) is 0 Å². The van der Waals surface area contributed by atoms with Crippen LogP contribution < -0.4 is 39.8 Å². The van der Waals surface area contributed by atoms with Crippen LogP contribution >= 0.6 is 0 Å². The van der Waals surface area contributed by atoms with E-state index >= 15 is 0 Å². The van der Waals surface area contributed by atoms with E-state index in [-0.39, 0.29) is 42.0 Å². The number of carboxylic acid groups (broad SMARTS) is 4. The van der Waals surface area contributed by atoms with Gasteiger partial charge in [-0.1, -0.05) is 0 Å². The van der Waals surface area contributed by atoms with Gasteiger partial charge in [0, 0.05) is 0 Å². The minimum absolute atomic E-state index is 0. The summed E-state index contributed by atoms with van der Waals surface area (Å²) in [6, 6.07) is 0. The van der Waals surface area contributed by atoms with Crippen molar-refractivity contribution in [2.24, 2.45) is 0 Å². The van der Waals surface area contributed by atoms with Gasteiger partial charge in [-0.3, -0.25) is 0 Å². The topological polar surface area (TPSA) is 121 Å². The Hall–Kier alpha value is -0.170. The molecule has 0 amide bonds. The molecule has 0 aromatic heterocycles. The van der Waals surface area contributed by atoms with Gasteiger partial charge in [0.1, 0.15) is 0 Å². The Kier molecular flexibility index (Phi) is 35.9. The van der Waals surface area contributed by atoms with Gasteiger partial charge in [-0.2, -0.15) is 0 Å². The van der Waals surface area contributed by atoms with Crippen LogP contribution in [-0.2, 0) is 0 Å². The van der Waals surface area contributed by atoms with E-state index in [9.17, 15) is 0 Å². The fraction of sp³-hybridized carbons (Fsp3) is 0. The Morgan fingerprint density at radius 1 is 1.00 bits per heavy atom. The van der Waals surface area contributed by atoms with Crippen molar-refractivity contribution in [1.29, 1.82) is 0 Å². The van der Waals surface area contributed by atoms with E-state index in [0.717, 1.165) is 0 Å². The molecule has 0 aromatic carbocycles. The summed E-state index contributed by atoms with van der Waals surface area (Å²) < 4.78 is 0. The molecule has 0 aliphatic rings.